The van der Waals surface area contributed by atoms with Gasteiger partial charge in [-0.05, 0) is 46.6 Å². The van der Waals surface area contributed by atoms with Crippen molar-refractivity contribution in [3.05, 3.63) is 35.4 Å². The summed E-state index contributed by atoms with van der Waals surface area (Å²) in [6, 6.07) is 8.87. The molecule has 1 aromatic rings. The second-order valence-electron chi connectivity index (χ2n) is 6.83. The van der Waals surface area contributed by atoms with Gasteiger partial charge in [0.15, 0.2) is 0 Å². The van der Waals surface area contributed by atoms with E-state index in [4.69, 9.17) is 4.74 Å². The highest BCUT2D eigenvalue weighted by atomic mass is 16.6. The van der Waals surface area contributed by atoms with Gasteiger partial charge < -0.3 is 15.4 Å². The number of amides is 1. The fourth-order valence-corrected chi connectivity index (χ4v) is 2.18. The highest BCUT2D eigenvalue weighted by Gasteiger charge is 2.18. The van der Waals surface area contributed by atoms with Crippen LogP contribution >= 0.6 is 0 Å². The van der Waals surface area contributed by atoms with Crippen LogP contribution in [0.5, 0.6) is 0 Å². The zero-order chi connectivity index (χ0) is 16.8. The van der Waals surface area contributed by atoms with Crippen molar-refractivity contribution in [3.8, 4) is 0 Å². The number of aryl methyl sites for hydroxylation is 1. The van der Waals surface area contributed by atoms with Crippen LogP contribution in [0.2, 0.25) is 0 Å². The number of ether oxygens (including phenoxy) is 1. The summed E-state index contributed by atoms with van der Waals surface area (Å²) < 4.78 is 5.26. The predicted octanol–water partition coefficient (Wildman–Crippen LogP) is 3.95. The van der Waals surface area contributed by atoms with E-state index in [2.05, 4.69) is 48.7 Å². The first-order valence-corrected chi connectivity index (χ1v) is 8.00. The summed E-state index contributed by atoms with van der Waals surface area (Å²) >= 11 is 0. The summed E-state index contributed by atoms with van der Waals surface area (Å²) in [5, 5.41) is 6.36. The zero-order valence-corrected chi connectivity index (χ0v) is 14.7. The number of benzene rings is 1. The Morgan fingerprint density at radius 1 is 1.23 bits per heavy atom. The molecule has 0 radical (unpaired) electrons. The fourth-order valence-electron chi connectivity index (χ4n) is 2.18. The van der Waals surface area contributed by atoms with E-state index >= 15 is 0 Å². The molecule has 0 spiro atoms. The van der Waals surface area contributed by atoms with Crippen molar-refractivity contribution in [2.45, 2.75) is 65.6 Å². The lowest BCUT2D eigenvalue weighted by atomic mass is 10.0. The monoisotopic (exact) mass is 306 g/mol. The van der Waals surface area contributed by atoms with Crippen molar-refractivity contribution in [3.63, 3.8) is 0 Å². The first kappa shape index (κ1) is 18.5. The van der Waals surface area contributed by atoms with Crippen LogP contribution in [0.15, 0.2) is 24.3 Å². The van der Waals surface area contributed by atoms with E-state index in [1.165, 1.54) is 11.1 Å². The van der Waals surface area contributed by atoms with Crippen LogP contribution in [0.3, 0.4) is 0 Å². The Bertz CT molecular complexity index is 463. The quantitative estimate of drug-likeness (QED) is 0.836. The minimum Gasteiger partial charge on any atom is -0.444 e. The first-order chi connectivity index (χ1) is 10.2. The maximum Gasteiger partial charge on any atom is 0.407 e. The van der Waals surface area contributed by atoms with Gasteiger partial charge in [-0.15, -0.1) is 0 Å². The Kier molecular flexibility index (Phi) is 6.88. The lowest BCUT2D eigenvalue weighted by molar-refractivity contribution is 0.0507. The standard InChI is InChI=1S/C18H30N2O2/c1-7-16(15-10-8-13(2)9-11-15)19-12-14(3)20-17(21)22-18(4,5)6/h8-11,14,16,19H,7,12H2,1-6H3,(H,20,21). The van der Waals surface area contributed by atoms with Crippen molar-refractivity contribution in [2.75, 3.05) is 6.54 Å². The number of rotatable bonds is 6. The maximum absolute atomic E-state index is 11.7. The molecule has 0 aromatic heterocycles. The van der Waals surface area contributed by atoms with Gasteiger partial charge in [0.2, 0.25) is 0 Å². The lowest BCUT2D eigenvalue weighted by Gasteiger charge is -2.24. The van der Waals surface area contributed by atoms with Crippen molar-refractivity contribution in [2.24, 2.45) is 0 Å². The maximum atomic E-state index is 11.7. The Hall–Kier alpha value is -1.55. The third-order valence-electron chi connectivity index (χ3n) is 3.32. The van der Waals surface area contributed by atoms with Crippen LogP contribution in [-0.2, 0) is 4.74 Å². The van der Waals surface area contributed by atoms with Crippen LogP contribution in [0.4, 0.5) is 4.79 Å². The molecule has 2 atom stereocenters. The number of hydrogen-bond acceptors (Lipinski definition) is 3. The van der Waals surface area contributed by atoms with Crippen molar-refractivity contribution in [1.82, 2.24) is 10.6 Å². The smallest absolute Gasteiger partial charge is 0.407 e. The molecular formula is C18H30N2O2. The van der Waals surface area contributed by atoms with Crippen molar-refractivity contribution < 1.29 is 9.53 Å². The van der Waals surface area contributed by atoms with Crippen LogP contribution in [0.25, 0.3) is 0 Å². The van der Waals surface area contributed by atoms with E-state index in [9.17, 15) is 4.79 Å². The molecule has 0 bridgehead atoms. The molecule has 0 fully saturated rings. The van der Waals surface area contributed by atoms with E-state index in [0.29, 0.717) is 12.6 Å². The van der Waals surface area contributed by atoms with Crippen LogP contribution in [0.1, 0.15) is 58.2 Å². The molecule has 0 saturated carbocycles. The van der Waals surface area contributed by atoms with Gasteiger partial charge in [0.1, 0.15) is 5.60 Å². The summed E-state index contributed by atoms with van der Waals surface area (Å²) in [4.78, 5) is 11.7. The lowest BCUT2D eigenvalue weighted by Crippen LogP contribution is -2.43. The van der Waals surface area contributed by atoms with E-state index in [0.717, 1.165) is 6.42 Å². The molecule has 4 nitrogen and oxygen atoms in total. The minimum absolute atomic E-state index is 0.00866. The molecule has 0 saturated heterocycles. The number of hydrogen-bond donors (Lipinski definition) is 2. The predicted molar refractivity (Wildman–Crippen MR) is 91.0 cm³/mol. The molecule has 22 heavy (non-hydrogen) atoms. The Balaban J connectivity index is 2.45. The topological polar surface area (TPSA) is 50.4 Å². The van der Waals surface area contributed by atoms with Gasteiger partial charge in [-0.1, -0.05) is 36.8 Å². The van der Waals surface area contributed by atoms with Crippen molar-refractivity contribution >= 4 is 6.09 Å². The molecule has 1 aromatic carbocycles. The third kappa shape index (κ3) is 6.94. The van der Waals surface area contributed by atoms with Gasteiger partial charge in [0.05, 0.1) is 0 Å². The van der Waals surface area contributed by atoms with Gasteiger partial charge in [0.25, 0.3) is 0 Å². The zero-order valence-electron chi connectivity index (χ0n) is 14.7. The molecule has 2 unspecified atom stereocenters. The summed E-state index contributed by atoms with van der Waals surface area (Å²) in [7, 11) is 0. The average Bonchev–Trinajstić information content (AvgIpc) is 2.39. The highest BCUT2D eigenvalue weighted by Crippen LogP contribution is 2.17. The SMILES string of the molecule is CCC(NCC(C)NC(=O)OC(C)(C)C)c1ccc(C)cc1. The highest BCUT2D eigenvalue weighted by molar-refractivity contribution is 5.68. The molecule has 0 heterocycles. The minimum atomic E-state index is -0.467. The van der Waals surface area contributed by atoms with Crippen LogP contribution < -0.4 is 10.6 Å². The Labute approximate surface area is 134 Å². The van der Waals surface area contributed by atoms with E-state index in [-0.39, 0.29) is 12.1 Å². The van der Waals surface area contributed by atoms with E-state index < -0.39 is 5.60 Å². The average molecular weight is 306 g/mol. The molecule has 2 N–H and O–H groups in total. The summed E-state index contributed by atoms with van der Waals surface area (Å²) in [6.07, 6.45) is 0.632. The molecular weight excluding hydrogens is 276 g/mol. The van der Waals surface area contributed by atoms with Gasteiger partial charge in [-0.25, -0.2) is 4.79 Å². The van der Waals surface area contributed by atoms with Gasteiger partial charge in [0, 0.05) is 18.6 Å². The summed E-state index contributed by atoms with van der Waals surface area (Å²) in [5.41, 5.74) is 2.07. The third-order valence-corrected chi connectivity index (χ3v) is 3.32. The fraction of sp³-hybridized carbons (Fsp3) is 0.611. The molecule has 124 valence electrons. The largest absolute Gasteiger partial charge is 0.444 e. The summed E-state index contributed by atoms with van der Waals surface area (Å²) in [6.45, 7) is 12.5. The molecule has 1 amide bonds. The number of alkyl carbamates (subject to hydrolysis) is 1. The number of carbonyl (C=O) groups is 1. The number of carbonyl (C=O) groups excluding carboxylic acids is 1. The second kappa shape index (κ2) is 8.18. The molecule has 0 aliphatic rings. The molecule has 0 aliphatic carbocycles. The first-order valence-electron chi connectivity index (χ1n) is 8.00. The van der Waals surface area contributed by atoms with Crippen LogP contribution in [-0.4, -0.2) is 24.3 Å². The van der Waals surface area contributed by atoms with E-state index in [1.807, 2.05) is 27.7 Å². The van der Waals surface area contributed by atoms with Gasteiger partial charge in [-0.3, -0.25) is 0 Å². The number of nitrogens with one attached hydrogen (secondary N) is 2. The van der Waals surface area contributed by atoms with Crippen molar-refractivity contribution in [1.29, 1.82) is 0 Å². The normalized spacial score (nSPS) is 14.3. The Morgan fingerprint density at radius 2 is 1.82 bits per heavy atom. The molecule has 4 heteroatoms. The Morgan fingerprint density at radius 3 is 2.32 bits per heavy atom. The van der Waals surface area contributed by atoms with E-state index in [1.54, 1.807) is 0 Å². The van der Waals surface area contributed by atoms with Gasteiger partial charge in [-0.2, -0.15) is 0 Å². The molecule has 1 rings (SSSR count). The van der Waals surface area contributed by atoms with Gasteiger partial charge >= 0.3 is 6.09 Å². The second-order valence-corrected chi connectivity index (χ2v) is 6.83. The van der Waals surface area contributed by atoms with Crippen LogP contribution in [0, 0.1) is 6.92 Å². The molecule has 0 aliphatic heterocycles. The summed E-state index contributed by atoms with van der Waals surface area (Å²) in [5.74, 6) is 0.